The van der Waals surface area contributed by atoms with Gasteiger partial charge < -0.3 is 10.4 Å². The number of rotatable bonds is 2. The number of para-hydroxylation sites is 1. The molecule has 6 heteroatoms. The number of carboxylic acid groups (broad SMARTS) is 1. The molecule has 2 N–H and O–H groups in total. The molecule has 1 heterocycles. The lowest BCUT2D eigenvalue weighted by molar-refractivity contribution is -0.137. The van der Waals surface area contributed by atoms with Crippen LogP contribution in [0.1, 0.15) is 29.9 Å². The molecule has 1 aliphatic rings. The molecule has 1 atom stereocenters. The molecule has 18 heavy (non-hydrogen) atoms. The van der Waals surface area contributed by atoms with Gasteiger partial charge in [-0.2, -0.15) is 13.2 Å². The van der Waals surface area contributed by atoms with E-state index < -0.39 is 17.7 Å². The van der Waals surface area contributed by atoms with Gasteiger partial charge in [0.2, 0.25) is 0 Å². The van der Waals surface area contributed by atoms with Crippen LogP contribution in [-0.4, -0.2) is 17.6 Å². The second-order valence-corrected chi connectivity index (χ2v) is 4.28. The summed E-state index contributed by atoms with van der Waals surface area (Å²) in [7, 11) is 0. The number of nitrogens with one attached hydrogen (secondary N) is 1. The van der Waals surface area contributed by atoms with E-state index in [9.17, 15) is 18.0 Å². The molecule has 1 unspecified atom stereocenters. The quantitative estimate of drug-likeness (QED) is 0.858. The number of alkyl halides is 3. The van der Waals surface area contributed by atoms with Gasteiger partial charge in [-0.15, -0.1) is 0 Å². The van der Waals surface area contributed by atoms with Crippen molar-refractivity contribution in [3.05, 3.63) is 29.3 Å². The van der Waals surface area contributed by atoms with Crippen LogP contribution in [0.4, 0.5) is 18.9 Å². The van der Waals surface area contributed by atoms with Crippen molar-refractivity contribution >= 4 is 11.7 Å². The third-order valence-electron chi connectivity index (χ3n) is 3.06. The Bertz CT molecular complexity index is 471. The number of halogens is 3. The normalized spacial score (nSPS) is 18.9. The summed E-state index contributed by atoms with van der Waals surface area (Å²) in [5.74, 6) is -1.36. The Morgan fingerprint density at radius 1 is 1.44 bits per heavy atom. The molecule has 0 aromatic heterocycles. The highest BCUT2D eigenvalue weighted by Crippen LogP contribution is 2.42. The first kappa shape index (κ1) is 12.7. The maximum absolute atomic E-state index is 12.8. The Balaban J connectivity index is 2.44. The summed E-state index contributed by atoms with van der Waals surface area (Å²) in [4.78, 5) is 10.7. The fourth-order valence-corrected chi connectivity index (χ4v) is 2.29. The molecule has 0 fully saturated rings. The van der Waals surface area contributed by atoms with Gasteiger partial charge in [-0.25, -0.2) is 0 Å². The SMILES string of the molecule is O=C(O)CC1CCNc2c1cccc2C(F)(F)F. The number of carbonyl (C=O) groups is 1. The molecular formula is C12H12F3NO2. The van der Waals surface area contributed by atoms with E-state index in [1.165, 1.54) is 6.07 Å². The second kappa shape index (κ2) is 4.51. The van der Waals surface area contributed by atoms with Crippen molar-refractivity contribution in [3.63, 3.8) is 0 Å². The summed E-state index contributed by atoms with van der Waals surface area (Å²) in [6, 6.07) is 3.89. The first-order valence-electron chi connectivity index (χ1n) is 5.55. The Hall–Kier alpha value is -1.72. The molecule has 1 aliphatic heterocycles. The van der Waals surface area contributed by atoms with Crippen LogP contribution in [-0.2, 0) is 11.0 Å². The first-order valence-corrected chi connectivity index (χ1v) is 5.55. The Kier molecular flexibility index (Phi) is 3.19. The maximum Gasteiger partial charge on any atom is 0.418 e. The summed E-state index contributed by atoms with van der Waals surface area (Å²) in [6.07, 6.45) is -4.04. The number of carboxylic acids is 1. The van der Waals surface area contributed by atoms with Crippen LogP contribution in [0.15, 0.2) is 18.2 Å². The van der Waals surface area contributed by atoms with Gasteiger partial charge in [0.1, 0.15) is 0 Å². The fourth-order valence-electron chi connectivity index (χ4n) is 2.29. The van der Waals surface area contributed by atoms with E-state index in [1.54, 1.807) is 6.07 Å². The molecule has 0 aliphatic carbocycles. The van der Waals surface area contributed by atoms with Crippen molar-refractivity contribution in [1.29, 1.82) is 0 Å². The number of hydrogen-bond acceptors (Lipinski definition) is 2. The first-order chi connectivity index (χ1) is 8.39. The standard InChI is InChI=1S/C12H12F3NO2/c13-12(14,15)9-3-1-2-8-7(6-10(17)18)4-5-16-11(8)9/h1-3,7,16H,4-6H2,(H,17,18). The van der Waals surface area contributed by atoms with E-state index in [1.807, 2.05) is 0 Å². The van der Waals surface area contributed by atoms with Crippen LogP contribution in [0.5, 0.6) is 0 Å². The van der Waals surface area contributed by atoms with Crippen molar-refractivity contribution in [2.75, 3.05) is 11.9 Å². The Morgan fingerprint density at radius 3 is 2.78 bits per heavy atom. The van der Waals surface area contributed by atoms with Crippen molar-refractivity contribution in [1.82, 2.24) is 0 Å². The van der Waals surface area contributed by atoms with Crippen LogP contribution >= 0.6 is 0 Å². The molecule has 0 saturated carbocycles. The van der Waals surface area contributed by atoms with Gasteiger partial charge in [0.05, 0.1) is 12.0 Å². The third kappa shape index (κ3) is 2.42. The van der Waals surface area contributed by atoms with Crippen LogP contribution in [0, 0.1) is 0 Å². The van der Waals surface area contributed by atoms with Gasteiger partial charge in [0.15, 0.2) is 0 Å². The lowest BCUT2D eigenvalue weighted by Crippen LogP contribution is -2.22. The lowest BCUT2D eigenvalue weighted by Gasteiger charge is -2.28. The minimum Gasteiger partial charge on any atom is -0.481 e. The maximum atomic E-state index is 12.8. The molecule has 0 bridgehead atoms. The zero-order chi connectivity index (χ0) is 13.3. The summed E-state index contributed by atoms with van der Waals surface area (Å²) < 4.78 is 38.4. The second-order valence-electron chi connectivity index (χ2n) is 4.28. The van der Waals surface area contributed by atoms with E-state index in [-0.39, 0.29) is 18.0 Å². The summed E-state index contributed by atoms with van der Waals surface area (Å²) in [5, 5.41) is 11.5. The zero-order valence-electron chi connectivity index (χ0n) is 9.42. The third-order valence-corrected chi connectivity index (χ3v) is 3.06. The van der Waals surface area contributed by atoms with Crippen molar-refractivity contribution in [2.24, 2.45) is 0 Å². The zero-order valence-corrected chi connectivity index (χ0v) is 9.42. The van der Waals surface area contributed by atoms with Crippen LogP contribution in [0.2, 0.25) is 0 Å². The topological polar surface area (TPSA) is 49.3 Å². The van der Waals surface area contributed by atoms with Crippen molar-refractivity contribution in [2.45, 2.75) is 24.9 Å². The molecule has 1 aromatic carbocycles. The molecule has 0 amide bonds. The highest BCUT2D eigenvalue weighted by Gasteiger charge is 2.36. The summed E-state index contributed by atoms with van der Waals surface area (Å²) in [5.41, 5.74) is -0.254. The van der Waals surface area contributed by atoms with E-state index >= 15 is 0 Å². The van der Waals surface area contributed by atoms with Gasteiger partial charge in [0.25, 0.3) is 0 Å². The average Bonchev–Trinajstić information content (AvgIpc) is 2.26. The number of aliphatic carboxylic acids is 1. The van der Waals surface area contributed by atoms with Gasteiger partial charge >= 0.3 is 12.1 Å². The minimum atomic E-state index is -4.43. The minimum absolute atomic E-state index is 0.0301. The molecule has 2 rings (SSSR count). The van der Waals surface area contributed by atoms with Crippen LogP contribution < -0.4 is 5.32 Å². The van der Waals surface area contributed by atoms with Crippen LogP contribution in [0.25, 0.3) is 0 Å². The van der Waals surface area contributed by atoms with Gasteiger partial charge in [0, 0.05) is 12.2 Å². The van der Waals surface area contributed by atoms with Gasteiger partial charge in [-0.3, -0.25) is 4.79 Å². The number of anilines is 1. The van der Waals surface area contributed by atoms with E-state index in [0.29, 0.717) is 18.5 Å². The van der Waals surface area contributed by atoms with Gasteiger partial charge in [-0.1, -0.05) is 12.1 Å². The number of fused-ring (bicyclic) bond motifs is 1. The Labute approximate surface area is 102 Å². The highest BCUT2D eigenvalue weighted by atomic mass is 19.4. The molecule has 0 saturated heterocycles. The number of hydrogen-bond donors (Lipinski definition) is 2. The molecule has 0 radical (unpaired) electrons. The van der Waals surface area contributed by atoms with E-state index in [2.05, 4.69) is 5.32 Å². The summed E-state index contributed by atoms with van der Waals surface area (Å²) >= 11 is 0. The predicted molar refractivity (Wildman–Crippen MR) is 59.5 cm³/mol. The molecular weight excluding hydrogens is 247 g/mol. The predicted octanol–water partition coefficient (Wildman–Crippen LogP) is 3.08. The average molecular weight is 259 g/mol. The van der Waals surface area contributed by atoms with E-state index in [0.717, 1.165) is 6.07 Å². The van der Waals surface area contributed by atoms with Gasteiger partial charge in [-0.05, 0) is 24.0 Å². The summed E-state index contributed by atoms with van der Waals surface area (Å²) in [6.45, 7) is 0.359. The molecule has 1 aromatic rings. The molecule has 98 valence electrons. The van der Waals surface area contributed by atoms with Crippen molar-refractivity contribution < 1.29 is 23.1 Å². The van der Waals surface area contributed by atoms with Crippen LogP contribution in [0.3, 0.4) is 0 Å². The smallest absolute Gasteiger partial charge is 0.418 e. The lowest BCUT2D eigenvalue weighted by atomic mass is 9.86. The Morgan fingerprint density at radius 2 is 2.17 bits per heavy atom. The monoisotopic (exact) mass is 259 g/mol. The van der Waals surface area contributed by atoms with E-state index in [4.69, 9.17) is 5.11 Å². The van der Waals surface area contributed by atoms with Crippen molar-refractivity contribution in [3.8, 4) is 0 Å². The molecule has 3 nitrogen and oxygen atoms in total. The molecule has 0 spiro atoms. The fraction of sp³-hybridized carbons (Fsp3) is 0.417. The number of benzene rings is 1. The largest absolute Gasteiger partial charge is 0.481 e. The highest BCUT2D eigenvalue weighted by molar-refractivity contribution is 5.70.